The second kappa shape index (κ2) is 7.51. The van der Waals surface area contributed by atoms with Crippen LogP contribution < -0.4 is 16.4 Å². The minimum atomic E-state index is -0.608. The molecule has 9 heteroatoms. The zero-order valence-corrected chi connectivity index (χ0v) is 14.1. The normalized spacial score (nSPS) is 10.5. The molecule has 4 N–H and O–H groups in total. The Morgan fingerprint density at radius 3 is 2.58 bits per heavy atom. The topological polar surface area (TPSA) is 132 Å². The molecule has 0 spiro atoms. The molecule has 0 aliphatic heterocycles. The number of nitro groups is 1. The molecule has 2 heterocycles. The number of nitrogen functional groups attached to an aromatic ring is 1. The standard InChI is InChI=1S/C17H18N6O3/c1-11-4-6-12(7-5-11)9-20-17-21-15(18)14(23(24)25)16(22-17)19-10-13-3-2-8-26-13/h2-8H,9-10H2,1H3,(H4,18,19,20,21,22). The fourth-order valence-corrected chi connectivity index (χ4v) is 2.33. The van der Waals surface area contributed by atoms with Crippen LogP contribution >= 0.6 is 0 Å². The van der Waals surface area contributed by atoms with Crippen LogP contribution in [0.1, 0.15) is 16.9 Å². The summed E-state index contributed by atoms with van der Waals surface area (Å²) in [7, 11) is 0. The molecule has 0 unspecified atom stereocenters. The number of rotatable bonds is 7. The molecule has 2 aromatic heterocycles. The summed E-state index contributed by atoms with van der Waals surface area (Å²) in [5.41, 5.74) is 7.59. The quantitative estimate of drug-likeness (QED) is 0.435. The maximum atomic E-state index is 11.3. The van der Waals surface area contributed by atoms with Gasteiger partial charge in [-0.05, 0) is 24.6 Å². The van der Waals surface area contributed by atoms with Crippen LogP contribution in [0.25, 0.3) is 0 Å². The molecule has 3 aromatic rings. The van der Waals surface area contributed by atoms with Crippen LogP contribution in [0.15, 0.2) is 47.1 Å². The monoisotopic (exact) mass is 354 g/mol. The summed E-state index contributed by atoms with van der Waals surface area (Å²) < 4.78 is 5.21. The number of benzene rings is 1. The first kappa shape index (κ1) is 17.2. The minimum absolute atomic E-state index is 0.0327. The highest BCUT2D eigenvalue weighted by molar-refractivity contribution is 5.69. The molecule has 0 saturated carbocycles. The lowest BCUT2D eigenvalue weighted by molar-refractivity contribution is -0.383. The van der Waals surface area contributed by atoms with Crippen molar-refractivity contribution in [3.63, 3.8) is 0 Å². The molecule has 134 valence electrons. The third-order valence-corrected chi connectivity index (χ3v) is 3.67. The third-order valence-electron chi connectivity index (χ3n) is 3.67. The number of hydrogen-bond donors (Lipinski definition) is 3. The van der Waals surface area contributed by atoms with E-state index in [9.17, 15) is 10.1 Å². The number of anilines is 3. The Labute approximate surface area is 149 Å². The number of hydrogen-bond acceptors (Lipinski definition) is 8. The third kappa shape index (κ3) is 4.07. The first-order chi connectivity index (χ1) is 12.5. The van der Waals surface area contributed by atoms with Crippen molar-refractivity contribution in [2.24, 2.45) is 0 Å². The number of aromatic nitrogens is 2. The molecule has 0 atom stereocenters. The predicted octanol–water partition coefficient (Wildman–Crippen LogP) is 3.09. The van der Waals surface area contributed by atoms with E-state index < -0.39 is 4.92 Å². The van der Waals surface area contributed by atoms with Crippen molar-refractivity contribution in [1.82, 2.24) is 9.97 Å². The van der Waals surface area contributed by atoms with Crippen molar-refractivity contribution in [2.75, 3.05) is 16.4 Å². The summed E-state index contributed by atoms with van der Waals surface area (Å²) in [5, 5.41) is 17.2. The van der Waals surface area contributed by atoms with Gasteiger partial charge in [-0.25, -0.2) is 0 Å². The molecule has 0 radical (unpaired) electrons. The molecule has 0 saturated heterocycles. The van der Waals surface area contributed by atoms with Gasteiger partial charge in [-0.2, -0.15) is 9.97 Å². The SMILES string of the molecule is Cc1ccc(CNc2nc(N)c([N+](=O)[O-])c(NCc3ccco3)n2)cc1. The number of aryl methyl sites for hydroxylation is 1. The van der Waals surface area contributed by atoms with Crippen LogP contribution in [0.2, 0.25) is 0 Å². The summed E-state index contributed by atoms with van der Waals surface area (Å²) in [6.45, 7) is 2.71. The highest BCUT2D eigenvalue weighted by atomic mass is 16.6. The predicted molar refractivity (Wildman–Crippen MR) is 97.6 cm³/mol. The van der Waals surface area contributed by atoms with Crippen molar-refractivity contribution in [2.45, 2.75) is 20.0 Å². The van der Waals surface area contributed by atoms with Gasteiger partial charge in [0.2, 0.25) is 17.6 Å². The van der Waals surface area contributed by atoms with Gasteiger partial charge in [0.15, 0.2) is 0 Å². The highest BCUT2D eigenvalue weighted by Gasteiger charge is 2.23. The smallest absolute Gasteiger partial charge is 0.353 e. The zero-order valence-electron chi connectivity index (χ0n) is 14.1. The van der Waals surface area contributed by atoms with Crippen LogP contribution in [0.3, 0.4) is 0 Å². The molecule has 26 heavy (non-hydrogen) atoms. The second-order valence-electron chi connectivity index (χ2n) is 5.66. The largest absolute Gasteiger partial charge is 0.467 e. The highest BCUT2D eigenvalue weighted by Crippen LogP contribution is 2.29. The number of nitrogens with zero attached hydrogens (tertiary/aromatic N) is 3. The average molecular weight is 354 g/mol. The van der Waals surface area contributed by atoms with Gasteiger partial charge in [0.25, 0.3) is 0 Å². The van der Waals surface area contributed by atoms with Gasteiger partial charge >= 0.3 is 5.69 Å². The lowest BCUT2D eigenvalue weighted by Gasteiger charge is -2.10. The lowest BCUT2D eigenvalue weighted by atomic mass is 10.1. The second-order valence-corrected chi connectivity index (χ2v) is 5.66. The molecular weight excluding hydrogens is 336 g/mol. The number of nitrogens with one attached hydrogen (secondary N) is 2. The molecule has 0 fully saturated rings. The van der Waals surface area contributed by atoms with Gasteiger partial charge in [-0.15, -0.1) is 0 Å². The molecule has 9 nitrogen and oxygen atoms in total. The van der Waals surface area contributed by atoms with Crippen LogP contribution in [0, 0.1) is 17.0 Å². The van der Waals surface area contributed by atoms with E-state index in [0.29, 0.717) is 12.3 Å². The van der Waals surface area contributed by atoms with E-state index in [1.165, 1.54) is 6.26 Å². The van der Waals surface area contributed by atoms with Crippen molar-refractivity contribution in [3.05, 3.63) is 69.7 Å². The Balaban J connectivity index is 1.79. The van der Waals surface area contributed by atoms with Crippen molar-refractivity contribution in [3.8, 4) is 0 Å². The van der Waals surface area contributed by atoms with E-state index >= 15 is 0 Å². The molecule has 0 aliphatic carbocycles. The van der Waals surface area contributed by atoms with Crippen LogP contribution in [0.5, 0.6) is 0 Å². The Bertz CT molecular complexity index is 894. The Hall–Kier alpha value is -3.62. The molecule has 3 rings (SSSR count). The van der Waals surface area contributed by atoms with E-state index in [0.717, 1.165) is 11.1 Å². The Kier molecular flexibility index (Phi) is 4.97. The lowest BCUT2D eigenvalue weighted by Crippen LogP contribution is -2.12. The van der Waals surface area contributed by atoms with E-state index in [1.54, 1.807) is 12.1 Å². The van der Waals surface area contributed by atoms with Crippen molar-refractivity contribution in [1.29, 1.82) is 0 Å². The molecule has 0 aliphatic rings. The van der Waals surface area contributed by atoms with Crippen molar-refractivity contribution < 1.29 is 9.34 Å². The van der Waals surface area contributed by atoms with Crippen LogP contribution in [0.4, 0.5) is 23.3 Å². The maximum absolute atomic E-state index is 11.3. The summed E-state index contributed by atoms with van der Waals surface area (Å²) in [5.74, 6) is 0.643. The first-order valence-corrected chi connectivity index (χ1v) is 7.90. The zero-order chi connectivity index (χ0) is 18.5. The summed E-state index contributed by atoms with van der Waals surface area (Å²) in [6.07, 6.45) is 1.52. The first-order valence-electron chi connectivity index (χ1n) is 7.90. The fourth-order valence-electron chi connectivity index (χ4n) is 2.33. The van der Waals surface area contributed by atoms with E-state index in [2.05, 4.69) is 20.6 Å². The Morgan fingerprint density at radius 2 is 1.92 bits per heavy atom. The van der Waals surface area contributed by atoms with Gasteiger partial charge in [-0.3, -0.25) is 10.1 Å². The molecular formula is C17H18N6O3. The molecule has 0 bridgehead atoms. The van der Waals surface area contributed by atoms with Gasteiger partial charge in [0.05, 0.1) is 17.7 Å². The van der Waals surface area contributed by atoms with Crippen LogP contribution in [-0.4, -0.2) is 14.9 Å². The van der Waals surface area contributed by atoms with E-state index in [4.69, 9.17) is 10.2 Å². The van der Waals surface area contributed by atoms with E-state index in [-0.39, 0.29) is 29.8 Å². The van der Waals surface area contributed by atoms with E-state index in [1.807, 2.05) is 31.2 Å². The minimum Gasteiger partial charge on any atom is -0.467 e. The van der Waals surface area contributed by atoms with Gasteiger partial charge in [-0.1, -0.05) is 29.8 Å². The van der Waals surface area contributed by atoms with Gasteiger partial charge in [0.1, 0.15) is 5.76 Å². The Morgan fingerprint density at radius 1 is 1.15 bits per heavy atom. The van der Waals surface area contributed by atoms with Crippen LogP contribution in [-0.2, 0) is 13.1 Å². The van der Waals surface area contributed by atoms with Gasteiger partial charge < -0.3 is 20.8 Å². The maximum Gasteiger partial charge on any atom is 0.353 e. The molecule has 1 aromatic carbocycles. The summed E-state index contributed by atoms with van der Waals surface area (Å²) >= 11 is 0. The van der Waals surface area contributed by atoms with Gasteiger partial charge in [0, 0.05) is 6.54 Å². The summed E-state index contributed by atoms with van der Waals surface area (Å²) in [4.78, 5) is 18.9. The molecule has 0 amide bonds. The fraction of sp³-hybridized carbons (Fsp3) is 0.176. The number of nitrogens with two attached hydrogens (primary N) is 1. The average Bonchev–Trinajstić information content (AvgIpc) is 3.12. The van der Waals surface area contributed by atoms with Crippen molar-refractivity contribution >= 4 is 23.3 Å². The summed E-state index contributed by atoms with van der Waals surface area (Å²) in [6, 6.07) is 11.4. The number of furan rings is 1.